The molecule has 1 saturated heterocycles. The van der Waals surface area contributed by atoms with Crippen LogP contribution in [0.4, 0.5) is 0 Å². The van der Waals surface area contributed by atoms with Gasteiger partial charge in [-0.05, 0) is 12.3 Å². The Balaban J connectivity index is 2.09. The number of sulfone groups is 1. The zero-order valence-corrected chi connectivity index (χ0v) is 11.9. The van der Waals surface area contributed by atoms with E-state index in [-0.39, 0.29) is 24.0 Å². The summed E-state index contributed by atoms with van der Waals surface area (Å²) < 4.78 is 48.6. The molecule has 1 aromatic rings. The van der Waals surface area contributed by atoms with Crippen LogP contribution in [0.5, 0.6) is 0 Å². The van der Waals surface area contributed by atoms with Crippen molar-refractivity contribution in [2.75, 3.05) is 18.1 Å². The first-order valence-corrected chi connectivity index (χ1v) is 8.98. The van der Waals surface area contributed by atoms with Crippen molar-refractivity contribution >= 4 is 25.8 Å². The van der Waals surface area contributed by atoms with E-state index in [0.717, 1.165) is 6.20 Å². The van der Waals surface area contributed by atoms with E-state index < -0.39 is 36.4 Å². The summed E-state index contributed by atoms with van der Waals surface area (Å²) in [6, 6.07) is 0. The van der Waals surface area contributed by atoms with Gasteiger partial charge in [-0.25, -0.2) is 26.4 Å². The maximum atomic E-state index is 11.9. The molecule has 2 heterocycles. The molecule has 9 nitrogen and oxygen atoms in total. The predicted molar refractivity (Wildman–Crippen MR) is 67.5 cm³/mol. The summed E-state index contributed by atoms with van der Waals surface area (Å²) in [5, 5.41) is 13.8. The topological polar surface area (TPSA) is 146 Å². The van der Waals surface area contributed by atoms with E-state index in [4.69, 9.17) is 5.11 Å². The smallest absolute Gasteiger partial charge is 0.340 e. The van der Waals surface area contributed by atoms with Gasteiger partial charge in [-0.15, -0.1) is 0 Å². The average molecular weight is 323 g/mol. The highest BCUT2D eigenvalue weighted by Gasteiger charge is 2.30. The number of rotatable bonds is 5. The molecule has 1 aromatic heterocycles. The Morgan fingerprint density at radius 3 is 2.80 bits per heavy atom. The van der Waals surface area contributed by atoms with Gasteiger partial charge in [-0.2, -0.15) is 5.10 Å². The average Bonchev–Trinajstić information content (AvgIpc) is 2.93. The molecule has 1 unspecified atom stereocenters. The second-order valence-corrected chi connectivity index (χ2v) is 8.47. The fourth-order valence-corrected chi connectivity index (χ4v) is 5.03. The molecule has 2 rings (SSSR count). The van der Waals surface area contributed by atoms with Crippen LogP contribution in [0.25, 0.3) is 0 Å². The summed E-state index contributed by atoms with van der Waals surface area (Å²) in [4.78, 5) is 10.8. The molecule has 0 saturated carbocycles. The van der Waals surface area contributed by atoms with Gasteiger partial charge in [0.15, 0.2) is 14.9 Å². The summed E-state index contributed by atoms with van der Waals surface area (Å²) >= 11 is 0. The van der Waals surface area contributed by atoms with Crippen molar-refractivity contribution in [1.82, 2.24) is 14.9 Å². The van der Waals surface area contributed by atoms with Gasteiger partial charge in [0.05, 0.1) is 17.7 Å². The minimum Gasteiger partial charge on any atom is -0.478 e. The summed E-state index contributed by atoms with van der Waals surface area (Å²) in [6.07, 6.45) is 1.29. The number of H-pyrrole nitrogens is 1. The Kier molecular flexibility index (Phi) is 3.84. The second-order valence-electron chi connectivity index (χ2n) is 4.54. The lowest BCUT2D eigenvalue weighted by atomic mass is 10.1. The van der Waals surface area contributed by atoms with Crippen LogP contribution < -0.4 is 4.72 Å². The van der Waals surface area contributed by atoms with Crippen molar-refractivity contribution in [1.29, 1.82) is 0 Å². The quantitative estimate of drug-likeness (QED) is 0.618. The van der Waals surface area contributed by atoms with Crippen LogP contribution >= 0.6 is 0 Å². The van der Waals surface area contributed by atoms with Crippen molar-refractivity contribution in [3.8, 4) is 0 Å². The van der Waals surface area contributed by atoms with Crippen LogP contribution in [0.3, 0.4) is 0 Å². The number of hydrogen-bond acceptors (Lipinski definition) is 6. The first kappa shape index (κ1) is 14.9. The fourth-order valence-electron chi connectivity index (χ4n) is 1.96. The van der Waals surface area contributed by atoms with Crippen LogP contribution in [0.15, 0.2) is 11.2 Å². The molecule has 0 radical (unpaired) electrons. The molecule has 3 N–H and O–H groups in total. The number of carbonyl (C=O) groups is 1. The van der Waals surface area contributed by atoms with E-state index in [9.17, 15) is 21.6 Å². The third-order valence-electron chi connectivity index (χ3n) is 2.99. The normalized spacial score (nSPS) is 21.9. The highest BCUT2D eigenvalue weighted by Crippen LogP contribution is 2.18. The monoisotopic (exact) mass is 323 g/mol. The van der Waals surface area contributed by atoms with E-state index in [1.165, 1.54) is 0 Å². The zero-order chi connectivity index (χ0) is 15.0. The van der Waals surface area contributed by atoms with Crippen LogP contribution in [0, 0.1) is 5.92 Å². The van der Waals surface area contributed by atoms with E-state index in [0.29, 0.717) is 6.42 Å². The summed E-state index contributed by atoms with van der Waals surface area (Å²) in [7, 11) is -7.15. The van der Waals surface area contributed by atoms with Crippen molar-refractivity contribution in [3.63, 3.8) is 0 Å². The largest absolute Gasteiger partial charge is 0.478 e. The SMILES string of the molecule is O=C(O)c1cn[nH]c1S(=O)(=O)NCC1CCS(=O)(=O)C1. The highest BCUT2D eigenvalue weighted by atomic mass is 32.2. The van der Waals surface area contributed by atoms with Gasteiger partial charge in [0.25, 0.3) is 10.0 Å². The molecule has 0 aliphatic carbocycles. The molecular weight excluding hydrogens is 310 g/mol. The van der Waals surface area contributed by atoms with E-state index >= 15 is 0 Å². The lowest BCUT2D eigenvalue weighted by Gasteiger charge is -2.09. The molecule has 112 valence electrons. The Bertz CT molecular complexity index is 721. The van der Waals surface area contributed by atoms with Crippen LogP contribution in [0.1, 0.15) is 16.8 Å². The van der Waals surface area contributed by atoms with Crippen LogP contribution in [0.2, 0.25) is 0 Å². The number of aromatic amines is 1. The van der Waals surface area contributed by atoms with Gasteiger partial charge >= 0.3 is 5.97 Å². The fraction of sp³-hybridized carbons (Fsp3) is 0.556. The van der Waals surface area contributed by atoms with Crippen molar-refractivity contribution < 1.29 is 26.7 Å². The zero-order valence-electron chi connectivity index (χ0n) is 10.2. The Labute approximate surface area is 115 Å². The molecule has 0 aromatic carbocycles. The van der Waals surface area contributed by atoms with Crippen molar-refractivity contribution in [2.24, 2.45) is 5.92 Å². The molecule has 1 aliphatic rings. The Morgan fingerprint density at radius 1 is 1.55 bits per heavy atom. The number of sulfonamides is 1. The number of aromatic carboxylic acids is 1. The molecule has 1 fully saturated rings. The molecule has 0 bridgehead atoms. The third kappa shape index (κ3) is 3.16. The standard InChI is InChI=1S/C9H13N3O6S2/c13-9(14)7-4-10-12-8(7)20(17,18)11-3-6-1-2-19(15,16)5-6/h4,6,11H,1-3,5H2,(H,10,12)(H,13,14). The summed E-state index contributed by atoms with van der Waals surface area (Å²) in [5.74, 6) is -1.73. The number of carboxylic acid groups (broad SMARTS) is 1. The molecule has 1 atom stereocenters. The third-order valence-corrected chi connectivity index (χ3v) is 6.22. The van der Waals surface area contributed by atoms with Crippen LogP contribution in [-0.2, 0) is 19.9 Å². The number of aromatic nitrogens is 2. The Morgan fingerprint density at radius 2 is 2.25 bits per heavy atom. The van der Waals surface area contributed by atoms with Gasteiger partial charge in [0, 0.05) is 6.54 Å². The summed E-state index contributed by atoms with van der Waals surface area (Å²) in [5.41, 5.74) is -0.462. The summed E-state index contributed by atoms with van der Waals surface area (Å²) in [6.45, 7) is -0.0559. The van der Waals surface area contributed by atoms with E-state index in [2.05, 4.69) is 14.9 Å². The van der Waals surface area contributed by atoms with Crippen LogP contribution in [-0.4, -0.2) is 56.2 Å². The highest BCUT2D eigenvalue weighted by molar-refractivity contribution is 7.91. The van der Waals surface area contributed by atoms with Gasteiger partial charge in [0.1, 0.15) is 5.56 Å². The number of nitrogens with zero attached hydrogens (tertiary/aromatic N) is 1. The second kappa shape index (κ2) is 5.14. The maximum absolute atomic E-state index is 11.9. The minimum absolute atomic E-state index is 0.0455. The van der Waals surface area contributed by atoms with Crippen molar-refractivity contribution in [2.45, 2.75) is 11.4 Å². The molecule has 20 heavy (non-hydrogen) atoms. The van der Waals surface area contributed by atoms with Gasteiger partial charge in [0.2, 0.25) is 0 Å². The predicted octanol–water partition coefficient (Wildman–Crippen LogP) is -1.18. The maximum Gasteiger partial charge on any atom is 0.340 e. The lowest BCUT2D eigenvalue weighted by Crippen LogP contribution is -2.31. The van der Waals surface area contributed by atoms with Gasteiger partial charge in [-0.3, -0.25) is 5.10 Å². The molecule has 0 spiro atoms. The van der Waals surface area contributed by atoms with E-state index in [1.54, 1.807) is 0 Å². The molecule has 11 heteroatoms. The Hall–Kier alpha value is -1.46. The lowest BCUT2D eigenvalue weighted by molar-refractivity contribution is 0.0692. The minimum atomic E-state index is -4.06. The van der Waals surface area contributed by atoms with Crippen molar-refractivity contribution in [3.05, 3.63) is 11.8 Å². The first-order chi connectivity index (χ1) is 9.21. The first-order valence-electron chi connectivity index (χ1n) is 5.68. The number of hydrogen-bond donors (Lipinski definition) is 3. The van der Waals surface area contributed by atoms with E-state index in [1.807, 2.05) is 0 Å². The number of carboxylic acids is 1. The number of nitrogens with one attached hydrogen (secondary N) is 2. The molecule has 1 aliphatic heterocycles. The molecular formula is C9H13N3O6S2. The van der Waals surface area contributed by atoms with Gasteiger partial charge < -0.3 is 5.11 Å². The van der Waals surface area contributed by atoms with Gasteiger partial charge in [-0.1, -0.05) is 0 Å². The molecule has 0 amide bonds.